The van der Waals surface area contributed by atoms with E-state index in [2.05, 4.69) is 24.3 Å². The van der Waals surface area contributed by atoms with E-state index < -0.39 is 0 Å². The van der Waals surface area contributed by atoms with Crippen LogP contribution in [0.5, 0.6) is 0 Å². The van der Waals surface area contributed by atoms with Crippen LogP contribution in [0, 0.1) is 0 Å². The first-order valence-corrected chi connectivity index (χ1v) is 17.0. The highest BCUT2D eigenvalue weighted by molar-refractivity contribution is 7.25. The minimum Gasteiger partial charge on any atom is -0.309 e. The molecule has 3 aromatic heterocycles. The highest BCUT2D eigenvalue weighted by atomic mass is 32.1. The molecule has 4 nitrogen and oxygen atoms in total. The number of fused-ring (bicyclic) bond motifs is 6. The molecule has 0 saturated carbocycles. The van der Waals surface area contributed by atoms with Gasteiger partial charge in [-0.25, -0.2) is 15.0 Å². The Morgan fingerprint density at radius 1 is 0.420 bits per heavy atom. The molecule has 10 rings (SSSR count). The lowest BCUT2D eigenvalue weighted by atomic mass is 10.0. The van der Waals surface area contributed by atoms with Crippen molar-refractivity contribution in [1.29, 1.82) is 0 Å². The van der Waals surface area contributed by atoms with Crippen LogP contribution in [0.2, 0.25) is 0 Å². The fourth-order valence-electron chi connectivity index (χ4n) is 6.65. The fourth-order valence-corrected chi connectivity index (χ4v) is 7.74. The number of hydrogen-bond donors (Lipinski definition) is 0. The van der Waals surface area contributed by atoms with E-state index in [-0.39, 0.29) is 58.1 Å². The van der Waals surface area contributed by atoms with Gasteiger partial charge in [0.15, 0.2) is 17.5 Å². The SMILES string of the molecule is [2H]c1cc([2H])c2c(c1[2H])c1c([2H])c([2H])cc([2H])c1n2-c1cc(-c2ccccc2)cc(-c2nc(-c3ccccc3)nc(-c3ccc4sc5ccccc5c4c3)n2)c1. The van der Waals surface area contributed by atoms with Crippen LogP contribution in [-0.2, 0) is 0 Å². The monoisotopic (exact) mass is 662 g/mol. The smallest absolute Gasteiger partial charge is 0.164 e. The Morgan fingerprint density at radius 2 is 1.00 bits per heavy atom. The molecule has 0 aliphatic carbocycles. The number of benzene rings is 7. The lowest BCUT2D eigenvalue weighted by Crippen LogP contribution is -2.01. The molecule has 0 saturated heterocycles. The van der Waals surface area contributed by atoms with Crippen LogP contribution >= 0.6 is 11.3 Å². The van der Waals surface area contributed by atoms with Crippen molar-refractivity contribution in [3.8, 4) is 51.0 Å². The van der Waals surface area contributed by atoms with Gasteiger partial charge in [-0.15, -0.1) is 11.3 Å². The quantitative estimate of drug-likeness (QED) is 0.184. The van der Waals surface area contributed by atoms with E-state index in [1.54, 1.807) is 15.9 Å². The van der Waals surface area contributed by atoms with Crippen molar-refractivity contribution in [3.05, 3.63) is 170 Å². The maximum atomic E-state index is 9.07. The third-order valence-electron chi connectivity index (χ3n) is 8.97. The Bertz CT molecular complexity index is 3150. The molecule has 0 fully saturated rings. The molecule has 234 valence electrons. The van der Waals surface area contributed by atoms with Gasteiger partial charge < -0.3 is 4.57 Å². The molecule has 50 heavy (non-hydrogen) atoms. The van der Waals surface area contributed by atoms with Crippen molar-refractivity contribution in [3.63, 3.8) is 0 Å². The van der Waals surface area contributed by atoms with Gasteiger partial charge in [0.25, 0.3) is 0 Å². The van der Waals surface area contributed by atoms with E-state index in [9.17, 15) is 0 Å². The number of rotatable bonds is 5. The van der Waals surface area contributed by atoms with Gasteiger partial charge in [-0.05, 0) is 65.7 Å². The summed E-state index contributed by atoms with van der Waals surface area (Å²) < 4.78 is 57.0. The molecule has 0 spiro atoms. The predicted molar refractivity (Wildman–Crippen MR) is 209 cm³/mol. The number of thiophene rings is 1. The van der Waals surface area contributed by atoms with E-state index in [1.807, 2.05) is 97.1 Å². The molecule has 0 bridgehead atoms. The summed E-state index contributed by atoms with van der Waals surface area (Å²) in [5.74, 6) is 1.40. The van der Waals surface area contributed by atoms with Crippen LogP contribution in [0.25, 0.3) is 93.0 Å². The average molecular weight is 663 g/mol. The summed E-state index contributed by atoms with van der Waals surface area (Å²) in [6.07, 6.45) is 0. The van der Waals surface area contributed by atoms with Gasteiger partial charge >= 0.3 is 0 Å². The lowest BCUT2D eigenvalue weighted by Gasteiger charge is -2.14. The molecule has 0 N–H and O–H groups in total. The molecule has 7 aromatic carbocycles. The summed E-state index contributed by atoms with van der Waals surface area (Å²) in [6.45, 7) is 0. The van der Waals surface area contributed by atoms with Crippen LogP contribution in [0.3, 0.4) is 0 Å². The Hall–Kier alpha value is -6.43. The van der Waals surface area contributed by atoms with E-state index >= 15 is 0 Å². The second-order valence-electron chi connectivity index (χ2n) is 12.0. The molecule has 0 amide bonds. The third kappa shape index (κ3) is 4.79. The molecular formula is C45H28N4S. The van der Waals surface area contributed by atoms with Gasteiger partial charge in [-0.2, -0.15) is 0 Å². The van der Waals surface area contributed by atoms with Gasteiger partial charge in [0.2, 0.25) is 0 Å². The number of hydrogen-bond acceptors (Lipinski definition) is 4. The predicted octanol–water partition coefficient (Wildman–Crippen LogP) is 12.0. The van der Waals surface area contributed by atoms with Crippen LogP contribution in [0.4, 0.5) is 0 Å². The molecule has 10 aromatic rings. The molecule has 0 aliphatic rings. The minimum absolute atomic E-state index is 0.0284. The standard InChI is InChI=1S/C45H28N4S/c1-3-13-29(14-4-1)32-25-33(27-34(26-32)49-39-20-10-7-17-35(39)36-18-8-11-21-40(36)49)45-47-43(30-15-5-2-6-16-30)46-44(48-45)31-23-24-42-38(28-31)37-19-9-12-22-41(37)50-42/h1-28H/i7D,8D,17D,18D,20D,21D. The molecule has 0 atom stereocenters. The maximum absolute atomic E-state index is 9.07. The first kappa shape index (κ1) is 23.0. The van der Waals surface area contributed by atoms with Crippen molar-refractivity contribution >= 4 is 53.3 Å². The van der Waals surface area contributed by atoms with Crippen molar-refractivity contribution in [2.24, 2.45) is 0 Å². The zero-order valence-electron chi connectivity index (χ0n) is 32.4. The first-order chi connectivity index (χ1) is 27.2. The van der Waals surface area contributed by atoms with Crippen molar-refractivity contribution in [1.82, 2.24) is 19.5 Å². The fraction of sp³-hybridized carbons (Fsp3) is 0. The Kier molecular flexibility index (Phi) is 5.35. The summed E-state index contributed by atoms with van der Waals surface area (Å²) in [6, 6.07) is 42.0. The molecule has 5 heteroatoms. The Balaban J connectivity index is 1.28. The average Bonchev–Trinajstić information content (AvgIpc) is 3.80. The van der Waals surface area contributed by atoms with Crippen molar-refractivity contribution in [2.75, 3.05) is 0 Å². The van der Waals surface area contributed by atoms with Gasteiger partial charge in [-0.1, -0.05) is 115 Å². The Labute approximate surface area is 301 Å². The largest absolute Gasteiger partial charge is 0.309 e. The normalized spacial score (nSPS) is 13.3. The summed E-state index contributed by atoms with van der Waals surface area (Å²) in [5.41, 5.74) is 5.13. The highest BCUT2D eigenvalue weighted by Gasteiger charge is 2.18. The number of para-hydroxylation sites is 2. The minimum atomic E-state index is -0.165. The van der Waals surface area contributed by atoms with Crippen molar-refractivity contribution in [2.45, 2.75) is 0 Å². The maximum Gasteiger partial charge on any atom is 0.164 e. The second-order valence-corrected chi connectivity index (χ2v) is 13.1. The van der Waals surface area contributed by atoms with Crippen LogP contribution in [0.1, 0.15) is 8.22 Å². The molecule has 0 radical (unpaired) electrons. The van der Waals surface area contributed by atoms with Crippen LogP contribution in [-0.4, -0.2) is 19.5 Å². The summed E-state index contributed by atoms with van der Waals surface area (Å²) in [5, 5.41) is 2.68. The zero-order valence-corrected chi connectivity index (χ0v) is 27.2. The van der Waals surface area contributed by atoms with E-state index in [4.69, 9.17) is 23.2 Å². The lowest BCUT2D eigenvalue weighted by molar-refractivity contribution is 1.07. The van der Waals surface area contributed by atoms with Gasteiger partial charge in [0, 0.05) is 53.3 Å². The second kappa shape index (κ2) is 11.6. The zero-order chi connectivity index (χ0) is 38.2. The van der Waals surface area contributed by atoms with Gasteiger partial charge in [0.1, 0.15) is 0 Å². The van der Waals surface area contributed by atoms with Crippen LogP contribution < -0.4 is 0 Å². The van der Waals surface area contributed by atoms with E-state index in [1.165, 1.54) is 26.9 Å². The molecule has 0 unspecified atom stereocenters. The summed E-state index contributed by atoms with van der Waals surface area (Å²) in [4.78, 5) is 15.2. The highest BCUT2D eigenvalue weighted by Crippen LogP contribution is 2.38. The van der Waals surface area contributed by atoms with Crippen LogP contribution in [0.15, 0.2) is 170 Å². The van der Waals surface area contributed by atoms with E-state index in [0.29, 0.717) is 28.7 Å². The first-order valence-electron chi connectivity index (χ1n) is 19.2. The summed E-state index contributed by atoms with van der Waals surface area (Å²) in [7, 11) is 0. The Morgan fingerprint density at radius 3 is 1.72 bits per heavy atom. The van der Waals surface area contributed by atoms with Gasteiger partial charge in [0.05, 0.1) is 19.3 Å². The van der Waals surface area contributed by atoms with E-state index in [0.717, 1.165) is 27.6 Å². The molecular weight excluding hydrogens is 629 g/mol. The summed E-state index contributed by atoms with van der Waals surface area (Å²) >= 11 is 1.75. The van der Waals surface area contributed by atoms with Gasteiger partial charge in [-0.3, -0.25) is 0 Å². The number of nitrogens with zero attached hydrogens (tertiary/aromatic N) is 4. The van der Waals surface area contributed by atoms with Crippen molar-refractivity contribution < 1.29 is 8.22 Å². The third-order valence-corrected chi connectivity index (χ3v) is 10.1. The molecule has 0 aliphatic heterocycles. The molecule has 3 heterocycles. The number of aromatic nitrogens is 4. The topological polar surface area (TPSA) is 43.6 Å².